The summed E-state index contributed by atoms with van der Waals surface area (Å²) in [4.78, 5) is 30.8. The third-order valence-electron chi connectivity index (χ3n) is 6.80. The van der Waals surface area contributed by atoms with Crippen molar-refractivity contribution in [2.75, 3.05) is 12.0 Å². The fraction of sp³-hybridized carbons (Fsp3) is 0.379. The molecule has 0 atom stereocenters. The molecule has 188 valence electrons. The number of H-pyrrole nitrogens is 1. The van der Waals surface area contributed by atoms with E-state index in [2.05, 4.69) is 4.98 Å². The van der Waals surface area contributed by atoms with Gasteiger partial charge in [-0.3, -0.25) is 9.69 Å². The molecular formula is C29H32N2O4S. The van der Waals surface area contributed by atoms with Crippen molar-refractivity contribution < 1.29 is 14.3 Å². The second-order valence-corrected chi connectivity index (χ2v) is 11.4. The van der Waals surface area contributed by atoms with Gasteiger partial charge in [-0.15, -0.1) is 11.3 Å². The number of hydrogen-bond acceptors (Lipinski definition) is 5. The molecule has 2 aromatic carbocycles. The minimum Gasteiger partial charge on any atom is -0.496 e. The second-order valence-electron chi connectivity index (χ2n) is 10.5. The van der Waals surface area contributed by atoms with Gasteiger partial charge in [-0.25, -0.2) is 4.79 Å². The Labute approximate surface area is 214 Å². The van der Waals surface area contributed by atoms with E-state index in [1.54, 1.807) is 7.11 Å². The molecule has 1 N–H and O–H groups in total. The van der Waals surface area contributed by atoms with E-state index in [0.717, 1.165) is 70.1 Å². The van der Waals surface area contributed by atoms with Crippen LogP contribution in [0.25, 0.3) is 32.1 Å². The maximum atomic E-state index is 13.2. The van der Waals surface area contributed by atoms with Crippen molar-refractivity contribution in [2.24, 2.45) is 0 Å². The average molecular weight is 505 g/mol. The molecule has 6 nitrogen and oxygen atoms in total. The number of carbonyl (C=O) groups excluding carboxylic acids is 1. The number of pyridine rings is 1. The first kappa shape index (κ1) is 24.4. The fourth-order valence-corrected chi connectivity index (χ4v) is 6.04. The van der Waals surface area contributed by atoms with Crippen molar-refractivity contribution in [3.05, 3.63) is 57.7 Å². The first-order chi connectivity index (χ1) is 17.2. The number of benzene rings is 2. The number of methoxy groups -OCH3 is 1. The van der Waals surface area contributed by atoms with Gasteiger partial charge in [0.1, 0.15) is 16.1 Å². The molecule has 2 aromatic heterocycles. The number of nitrogens with zero attached hydrogens (tertiary/aromatic N) is 1. The third kappa shape index (κ3) is 4.37. The van der Waals surface area contributed by atoms with Crippen LogP contribution in [-0.4, -0.2) is 29.8 Å². The number of hydrogen-bond donors (Lipinski definition) is 1. The van der Waals surface area contributed by atoms with Crippen LogP contribution in [0.5, 0.6) is 5.75 Å². The fourth-order valence-electron chi connectivity index (χ4n) is 5.24. The van der Waals surface area contributed by atoms with E-state index in [9.17, 15) is 9.59 Å². The molecule has 0 bridgehead atoms. The van der Waals surface area contributed by atoms with Crippen LogP contribution in [0.15, 0.2) is 46.6 Å². The quantitative estimate of drug-likeness (QED) is 0.314. The number of ether oxygens (including phenoxy) is 2. The van der Waals surface area contributed by atoms with E-state index in [1.165, 1.54) is 11.3 Å². The molecule has 0 saturated heterocycles. The number of thiophene rings is 1. The summed E-state index contributed by atoms with van der Waals surface area (Å²) >= 11 is 1.44. The van der Waals surface area contributed by atoms with Gasteiger partial charge >= 0.3 is 6.09 Å². The first-order valence-corrected chi connectivity index (χ1v) is 13.3. The summed E-state index contributed by atoms with van der Waals surface area (Å²) in [6.45, 7) is 7.66. The van der Waals surface area contributed by atoms with Crippen LogP contribution in [-0.2, 0) is 4.74 Å². The molecule has 1 saturated carbocycles. The van der Waals surface area contributed by atoms with E-state index in [-0.39, 0.29) is 17.7 Å². The highest BCUT2D eigenvalue weighted by Crippen LogP contribution is 2.42. The smallest absolute Gasteiger partial charge is 0.415 e. The van der Waals surface area contributed by atoms with E-state index in [0.29, 0.717) is 4.70 Å². The molecule has 5 rings (SSSR count). The minimum atomic E-state index is -0.565. The lowest BCUT2D eigenvalue weighted by Crippen LogP contribution is -2.42. The Morgan fingerprint density at radius 1 is 1.11 bits per heavy atom. The molecule has 4 aromatic rings. The Morgan fingerprint density at radius 2 is 1.81 bits per heavy atom. The molecule has 0 unspecified atom stereocenters. The number of nitrogens with one attached hydrogen (secondary N) is 1. The number of aromatic nitrogens is 1. The van der Waals surface area contributed by atoms with Gasteiger partial charge in [0.2, 0.25) is 0 Å². The van der Waals surface area contributed by atoms with Crippen LogP contribution in [0.3, 0.4) is 0 Å². The summed E-state index contributed by atoms with van der Waals surface area (Å²) in [5.41, 5.74) is 3.82. The van der Waals surface area contributed by atoms with Crippen LogP contribution in [0.1, 0.15) is 52.0 Å². The summed E-state index contributed by atoms with van der Waals surface area (Å²) in [5, 5.41) is 3.83. The van der Waals surface area contributed by atoms with Crippen LogP contribution in [0.2, 0.25) is 0 Å². The topological polar surface area (TPSA) is 71.6 Å². The van der Waals surface area contributed by atoms with E-state index < -0.39 is 5.60 Å². The zero-order chi connectivity index (χ0) is 25.6. The van der Waals surface area contributed by atoms with Gasteiger partial charge in [0.15, 0.2) is 0 Å². The summed E-state index contributed by atoms with van der Waals surface area (Å²) < 4.78 is 12.3. The Kier molecular flexibility index (Phi) is 6.29. The summed E-state index contributed by atoms with van der Waals surface area (Å²) in [6, 6.07) is 12.1. The molecule has 7 heteroatoms. The normalized spacial score (nSPS) is 14.5. The van der Waals surface area contributed by atoms with Crippen molar-refractivity contribution >= 4 is 44.1 Å². The molecule has 0 aliphatic heterocycles. The zero-order valence-electron chi connectivity index (χ0n) is 21.4. The number of amides is 1. The standard InChI is InChI=1S/C29H32N2O4S/c1-17-16-22(34-5)23(24-21-14-15-36-26(21)27(32)30-25(17)24)18-10-12-20(13-11-18)31(19-8-6-7-9-19)28(33)35-29(2,3)4/h10-16,19H,6-9H2,1-5H3,(H,30,32). The predicted octanol–water partition coefficient (Wildman–Crippen LogP) is 7.41. The van der Waals surface area contributed by atoms with Gasteiger partial charge in [0.05, 0.1) is 12.6 Å². The molecule has 1 fully saturated rings. The first-order valence-electron chi connectivity index (χ1n) is 12.4. The SMILES string of the molecule is COc1cc(C)c2[nH]c(=O)c3sccc3c2c1-c1ccc(N(C(=O)OC(C)(C)C)C2CCCC2)cc1. The van der Waals surface area contributed by atoms with Crippen LogP contribution < -0.4 is 15.2 Å². The molecule has 0 spiro atoms. The van der Waals surface area contributed by atoms with Crippen LogP contribution >= 0.6 is 11.3 Å². The molecule has 0 radical (unpaired) electrons. The molecule has 2 heterocycles. The highest BCUT2D eigenvalue weighted by molar-refractivity contribution is 7.17. The summed E-state index contributed by atoms with van der Waals surface area (Å²) in [7, 11) is 1.67. The summed E-state index contributed by atoms with van der Waals surface area (Å²) in [5.74, 6) is 0.743. The van der Waals surface area contributed by atoms with Crippen LogP contribution in [0, 0.1) is 6.92 Å². The second kappa shape index (κ2) is 9.28. The third-order valence-corrected chi connectivity index (χ3v) is 7.71. The van der Waals surface area contributed by atoms with E-state index in [1.807, 2.05) is 74.4 Å². The monoisotopic (exact) mass is 504 g/mol. The van der Waals surface area contributed by atoms with E-state index in [4.69, 9.17) is 9.47 Å². The molecule has 1 aliphatic rings. The number of anilines is 1. The minimum absolute atomic E-state index is 0.0772. The lowest BCUT2D eigenvalue weighted by Gasteiger charge is -2.31. The Hall–Kier alpha value is -3.32. The molecule has 1 amide bonds. The maximum absolute atomic E-state index is 13.2. The van der Waals surface area contributed by atoms with Crippen LogP contribution in [0.4, 0.5) is 10.5 Å². The number of fused-ring (bicyclic) bond motifs is 3. The van der Waals surface area contributed by atoms with Gasteiger partial charge in [0.25, 0.3) is 5.56 Å². The molecule has 1 aliphatic carbocycles. The number of aromatic amines is 1. The van der Waals surface area contributed by atoms with E-state index >= 15 is 0 Å². The Bertz CT molecular complexity index is 1490. The van der Waals surface area contributed by atoms with Crippen molar-refractivity contribution in [1.29, 1.82) is 0 Å². The highest BCUT2D eigenvalue weighted by Gasteiger charge is 2.31. The van der Waals surface area contributed by atoms with Gasteiger partial charge in [-0.1, -0.05) is 25.0 Å². The van der Waals surface area contributed by atoms with Gasteiger partial charge < -0.3 is 14.5 Å². The number of carbonyl (C=O) groups is 1. The maximum Gasteiger partial charge on any atom is 0.415 e. The van der Waals surface area contributed by atoms with Gasteiger partial charge in [-0.2, -0.15) is 0 Å². The van der Waals surface area contributed by atoms with Gasteiger partial charge in [0, 0.05) is 28.1 Å². The Morgan fingerprint density at radius 3 is 2.44 bits per heavy atom. The molecule has 36 heavy (non-hydrogen) atoms. The van der Waals surface area contributed by atoms with Crippen molar-refractivity contribution in [2.45, 2.75) is 65.0 Å². The predicted molar refractivity (Wildman–Crippen MR) is 148 cm³/mol. The number of rotatable bonds is 4. The highest BCUT2D eigenvalue weighted by atomic mass is 32.1. The Balaban J connectivity index is 1.65. The van der Waals surface area contributed by atoms with Crippen molar-refractivity contribution in [3.63, 3.8) is 0 Å². The van der Waals surface area contributed by atoms with Crippen molar-refractivity contribution in [3.8, 4) is 16.9 Å². The lowest BCUT2D eigenvalue weighted by molar-refractivity contribution is 0.0566. The summed E-state index contributed by atoms with van der Waals surface area (Å²) in [6.07, 6.45) is 3.87. The molecular weight excluding hydrogens is 472 g/mol. The van der Waals surface area contributed by atoms with Gasteiger partial charge in [-0.05, 0) is 81.3 Å². The average Bonchev–Trinajstić information content (AvgIpc) is 3.52. The van der Waals surface area contributed by atoms with Crippen molar-refractivity contribution in [1.82, 2.24) is 4.98 Å². The largest absolute Gasteiger partial charge is 0.496 e. The lowest BCUT2D eigenvalue weighted by atomic mass is 9.95. The number of aryl methyl sites for hydroxylation is 1. The zero-order valence-corrected chi connectivity index (χ0v) is 22.3.